The molecule has 0 fully saturated rings. The maximum Gasteiger partial charge on any atom is 0.407 e. The number of carbonyl (C=O) groups excluding carboxylic acids is 2. The lowest BCUT2D eigenvalue weighted by atomic mass is 9.98. The first kappa shape index (κ1) is 25.9. The molecule has 2 amide bonds. The Morgan fingerprint density at radius 1 is 1.03 bits per heavy atom. The second-order valence-electron chi connectivity index (χ2n) is 9.50. The molecule has 1 atom stereocenters. The van der Waals surface area contributed by atoms with Crippen LogP contribution in [0.25, 0.3) is 21.6 Å². The van der Waals surface area contributed by atoms with Crippen molar-refractivity contribution in [1.82, 2.24) is 10.6 Å². The van der Waals surface area contributed by atoms with Gasteiger partial charge >= 0.3 is 12.2 Å². The number of alkyl carbamates (subject to hydrolysis) is 2. The van der Waals surface area contributed by atoms with Gasteiger partial charge in [0.1, 0.15) is 12.2 Å². The summed E-state index contributed by atoms with van der Waals surface area (Å²) in [5, 5.41) is 9.14. The molecule has 0 heterocycles. The summed E-state index contributed by atoms with van der Waals surface area (Å²) in [6.07, 6.45) is 0.986. The van der Waals surface area contributed by atoms with Gasteiger partial charge in [0, 0.05) is 30.0 Å². The molecule has 0 aromatic heterocycles. The summed E-state index contributed by atoms with van der Waals surface area (Å²) >= 11 is 0. The Morgan fingerprint density at radius 3 is 2.26 bits per heavy atom. The molecule has 2 aromatic carbocycles. The van der Waals surface area contributed by atoms with Gasteiger partial charge in [-0.2, -0.15) is 0 Å². The van der Waals surface area contributed by atoms with Crippen LogP contribution in [-0.4, -0.2) is 43.5 Å². The van der Waals surface area contributed by atoms with Crippen molar-refractivity contribution in [2.45, 2.75) is 57.6 Å². The zero-order valence-electron chi connectivity index (χ0n) is 20.5. The molecule has 9 heteroatoms. The van der Waals surface area contributed by atoms with Crippen LogP contribution in [0, 0.1) is 0 Å². The highest BCUT2D eigenvalue weighted by Crippen LogP contribution is 2.44. The molecule has 9 nitrogen and oxygen atoms in total. The van der Waals surface area contributed by atoms with E-state index in [4.69, 9.17) is 15.0 Å². The van der Waals surface area contributed by atoms with E-state index >= 15 is 0 Å². The molecule has 35 heavy (non-hydrogen) atoms. The molecule has 0 saturated carbocycles. The Labute approximate surface area is 205 Å². The topological polar surface area (TPSA) is 125 Å². The Bertz CT molecular complexity index is 1030. The van der Waals surface area contributed by atoms with Crippen molar-refractivity contribution >= 4 is 12.2 Å². The second kappa shape index (κ2) is 12.1. The normalized spacial score (nSPS) is 13.1. The van der Waals surface area contributed by atoms with Gasteiger partial charge < -0.3 is 20.1 Å². The molecule has 0 aliphatic heterocycles. The number of fused-ring (bicyclic) bond motifs is 3. The molecule has 2 N–H and O–H groups in total. The summed E-state index contributed by atoms with van der Waals surface area (Å²) in [7, 11) is 0. The molecular formula is C26H33N5O4. The van der Waals surface area contributed by atoms with Crippen LogP contribution in [0.3, 0.4) is 0 Å². The highest BCUT2D eigenvalue weighted by atomic mass is 16.6. The van der Waals surface area contributed by atoms with E-state index in [0.717, 1.165) is 11.1 Å². The number of azide groups is 1. The van der Waals surface area contributed by atoms with Crippen LogP contribution in [0.4, 0.5) is 9.59 Å². The standard InChI is InChI=1S/C26H33N5O4/c1-26(2,3)35-24(32)28-15-9-8-10-18(16-29-31-27)30-25(33)34-17-23-21-13-6-4-11-19(21)20-12-5-7-14-22(20)23/h4-7,11-14,18,23H,8-10,15-17H2,1-3H3,(H,28,32)(H,30,33)/t18-/m0/s1. The van der Waals surface area contributed by atoms with Gasteiger partial charge in [0.15, 0.2) is 0 Å². The average Bonchev–Trinajstić information content (AvgIpc) is 3.13. The summed E-state index contributed by atoms with van der Waals surface area (Å²) in [6, 6.07) is 15.9. The highest BCUT2D eigenvalue weighted by Gasteiger charge is 2.29. The first-order chi connectivity index (χ1) is 16.8. The van der Waals surface area contributed by atoms with Gasteiger partial charge in [0.25, 0.3) is 0 Å². The Kier molecular flexibility index (Phi) is 8.98. The molecule has 0 bridgehead atoms. The summed E-state index contributed by atoms with van der Waals surface area (Å²) in [5.41, 5.74) is 12.8. The van der Waals surface area contributed by atoms with Gasteiger partial charge in [-0.05, 0) is 67.8 Å². The molecular weight excluding hydrogens is 446 g/mol. The molecule has 0 unspecified atom stereocenters. The smallest absolute Gasteiger partial charge is 0.407 e. The van der Waals surface area contributed by atoms with Crippen molar-refractivity contribution in [2.24, 2.45) is 5.11 Å². The van der Waals surface area contributed by atoms with E-state index < -0.39 is 17.8 Å². The van der Waals surface area contributed by atoms with Gasteiger partial charge in [-0.1, -0.05) is 53.6 Å². The minimum atomic E-state index is -0.545. The largest absolute Gasteiger partial charge is 0.449 e. The third-order valence-electron chi connectivity index (χ3n) is 5.68. The number of ether oxygens (including phenoxy) is 2. The van der Waals surface area contributed by atoms with Gasteiger partial charge in [-0.3, -0.25) is 0 Å². The lowest BCUT2D eigenvalue weighted by molar-refractivity contribution is 0.0527. The van der Waals surface area contributed by atoms with Crippen molar-refractivity contribution in [2.75, 3.05) is 19.7 Å². The number of carbonyl (C=O) groups is 2. The Balaban J connectivity index is 1.47. The Morgan fingerprint density at radius 2 is 1.66 bits per heavy atom. The zero-order chi connectivity index (χ0) is 25.3. The summed E-state index contributed by atoms with van der Waals surface area (Å²) in [6.45, 7) is 6.22. The first-order valence-electron chi connectivity index (χ1n) is 11.9. The summed E-state index contributed by atoms with van der Waals surface area (Å²) in [4.78, 5) is 27.1. The summed E-state index contributed by atoms with van der Waals surface area (Å²) < 4.78 is 10.8. The quantitative estimate of drug-likeness (QED) is 0.190. The van der Waals surface area contributed by atoms with E-state index in [-0.39, 0.29) is 25.1 Å². The van der Waals surface area contributed by atoms with Crippen LogP contribution in [0.1, 0.15) is 57.1 Å². The molecule has 1 aliphatic rings. The van der Waals surface area contributed by atoms with Gasteiger partial charge in [0.2, 0.25) is 0 Å². The molecule has 186 valence electrons. The Hall–Kier alpha value is -3.71. The molecule has 0 radical (unpaired) electrons. The fraction of sp³-hybridized carbons (Fsp3) is 0.462. The van der Waals surface area contributed by atoms with E-state index in [1.165, 1.54) is 11.1 Å². The van der Waals surface area contributed by atoms with Gasteiger partial charge in [0.05, 0.1) is 0 Å². The predicted molar refractivity (Wildman–Crippen MR) is 134 cm³/mol. The maximum absolute atomic E-state index is 12.6. The fourth-order valence-electron chi connectivity index (χ4n) is 4.17. The maximum atomic E-state index is 12.6. The number of nitrogens with zero attached hydrogens (tertiary/aromatic N) is 3. The molecule has 0 spiro atoms. The predicted octanol–water partition coefficient (Wildman–Crippen LogP) is 5.90. The molecule has 3 rings (SSSR count). The van der Waals surface area contributed by atoms with Crippen LogP contribution in [-0.2, 0) is 9.47 Å². The number of unbranched alkanes of at least 4 members (excludes halogenated alkanes) is 1. The van der Waals surface area contributed by atoms with Crippen molar-refractivity contribution in [3.05, 3.63) is 70.1 Å². The van der Waals surface area contributed by atoms with Crippen molar-refractivity contribution in [3.8, 4) is 11.1 Å². The van der Waals surface area contributed by atoms with E-state index in [2.05, 4.69) is 44.9 Å². The highest BCUT2D eigenvalue weighted by molar-refractivity contribution is 5.79. The number of nitrogens with one attached hydrogen (secondary N) is 2. The van der Waals surface area contributed by atoms with E-state index in [1.807, 2.05) is 45.0 Å². The average molecular weight is 480 g/mol. The minimum Gasteiger partial charge on any atom is -0.449 e. The van der Waals surface area contributed by atoms with Crippen molar-refractivity contribution in [1.29, 1.82) is 0 Å². The van der Waals surface area contributed by atoms with Gasteiger partial charge in [-0.15, -0.1) is 0 Å². The number of benzene rings is 2. The third kappa shape index (κ3) is 7.65. The molecule has 0 saturated heterocycles. The monoisotopic (exact) mass is 479 g/mol. The van der Waals surface area contributed by atoms with E-state index in [9.17, 15) is 9.59 Å². The zero-order valence-corrected chi connectivity index (χ0v) is 20.5. The van der Waals surface area contributed by atoms with Crippen molar-refractivity contribution < 1.29 is 19.1 Å². The van der Waals surface area contributed by atoms with Crippen LogP contribution < -0.4 is 10.6 Å². The number of hydrogen-bond donors (Lipinski definition) is 2. The summed E-state index contributed by atoms with van der Waals surface area (Å²) in [5.74, 6) is -0.0253. The third-order valence-corrected chi connectivity index (χ3v) is 5.68. The minimum absolute atomic E-state index is 0.0253. The number of rotatable bonds is 10. The number of amides is 2. The van der Waals surface area contributed by atoms with Crippen LogP contribution in [0.2, 0.25) is 0 Å². The SMILES string of the molecule is CC(C)(C)OC(=O)NCCCC[C@@H](CN=[N+]=[N-])NC(=O)OCC1c2ccccc2-c2ccccc21. The van der Waals surface area contributed by atoms with Crippen LogP contribution in [0.5, 0.6) is 0 Å². The number of hydrogen-bond acceptors (Lipinski definition) is 5. The fourth-order valence-corrected chi connectivity index (χ4v) is 4.17. The molecule has 1 aliphatic carbocycles. The van der Waals surface area contributed by atoms with Crippen LogP contribution in [0.15, 0.2) is 53.6 Å². The van der Waals surface area contributed by atoms with Crippen molar-refractivity contribution in [3.63, 3.8) is 0 Å². The van der Waals surface area contributed by atoms with E-state index in [0.29, 0.717) is 25.8 Å². The van der Waals surface area contributed by atoms with Gasteiger partial charge in [-0.25, -0.2) is 9.59 Å². The van der Waals surface area contributed by atoms with Crippen LogP contribution >= 0.6 is 0 Å². The lowest BCUT2D eigenvalue weighted by Gasteiger charge is -2.20. The molecule has 2 aromatic rings. The first-order valence-corrected chi connectivity index (χ1v) is 11.9. The van der Waals surface area contributed by atoms with E-state index in [1.54, 1.807) is 0 Å². The lowest BCUT2D eigenvalue weighted by Crippen LogP contribution is -2.38. The second-order valence-corrected chi connectivity index (χ2v) is 9.50.